The van der Waals surface area contributed by atoms with Gasteiger partial charge in [0.2, 0.25) is 0 Å². The lowest BCUT2D eigenvalue weighted by molar-refractivity contribution is -0.137. The molecule has 0 saturated heterocycles. The molecule has 2 aromatic heterocycles. The fraction of sp³-hybridized carbons (Fsp3) is 0.269. The van der Waals surface area contributed by atoms with E-state index in [0.29, 0.717) is 29.3 Å². The lowest BCUT2D eigenvalue weighted by Crippen LogP contribution is -2.17. The number of nitrogens with two attached hydrogens (primary N) is 1. The molecule has 2 heterocycles. The fourth-order valence-corrected chi connectivity index (χ4v) is 4.13. The number of halogens is 3. The number of alkyl halides is 3. The molecule has 0 radical (unpaired) electrons. The van der Waals surface area contributed by atoms with E-state index in [-0.39, 0.29) is 11.2 Å². The molecule has 4 aromatic rings. The molecule has 6 nitrogen and oxygen atoms in total. The molecule has 4 rings (SSSR count). The van der Waals surface area contributed by atoms with E-state index in [1.165, 1.54) is 12.1 Å². The molecule has 1 atom stereocenters. The van der Waals surface area contributed by atoms with Gasteiger partial charge in [-0.05, 0) is 86.3 Å². The number of rotatable bonds is 5. The Bertz CT molecular complexity index is 1480. The van der Waals surface area contributed by atoms with E-state index in [9.17, 15) is 18.0 Å². The van der Waals surface area contributed by atoms with E-state index in [2.05, 4.69) is 15.3 Å². The number of nitrogen functional groups attached to an aromatic ring is 1. The SMILES string of the molecule is CCn1cc(-c2cc3c(N[C@H](C)c4cc(N)cc(C(F)(F)F)c4)nc(C)nc3cc2C)ccc1=O. The van der Waals surface area contributed by atoms with Crippen molar-refractivity contribution in [3.05, 3.63) is 81.5 Å². The van der Waals surface area contributed by atoms with Crippen LogP contribution in [0.1, 0.15) is 42.4 Å². The van der Waals surface area contributed by atoms with Crippen molar-refractivity contribution in [2.75, 3.05) is 11.1 Å². The van der Waals surface area contributed by atoms with Crippen molar-refractivity contribution < 1.29 is 13.2 Å². The van der Waals surface area contributed by atoms with Crippen molar-refractivity contribution >= 4 is 22.4 Å². The van der Waals surface area contributed by atoms with Gasteiger partial charge in [-0.1, -0.05) is 0 Å². The van der Waals surface area contributed by atoms with Crippen LogP contribution >= 0.6 is 0 Å². The summed E-state index contributed by atoms with van der Waals surface area (Å²) in [5.41, 5.74) is 8.78. The zero-order chi connectivity index (χ0) is 25.5. The molecule has 3 N–H and O–H groups in total. The van der Waals surface area contributed by atoms with Gasteiger partial charge in [0, 0.05) is 29.9 Å². The smallest absolute Gasteiger partial charge is 0.399 e. The molecule has 2 aromatic carbocycles. The van der Waals surface area contributed by atoms with Crippen molar-refractivity contribution in [3.8, 4) is 11.1 Å². The van der Waals surface area contributed by atoms with Gasteiger partial charge in [0.1, 0.15) is 11.6 Å². The summed E-state index contributed by atoms with van der Waals surface area (Å²) in [5, 5.41) is 3.97. The average Bonchev–Trinajstić information content (AvgIpc) is 2.78. The van der Waals surface area contributed by atoms with Crippen LogP contribution in [0.4, 0.5) is 24.7 Å². The topological polar surface area (TPSA) is 85.8 Å². The summed E-state index contributed by atoms with van der Waals surface area (Å²) in [6, 6.07) is 10.2. The standard InChI is InChI=1S/C26H26F3N5O/c1-5-34-13-17(6-7-24(34)35)21-12-22-23(8-14(21)2)32-16(4)33-25(22)31-15(3)18-9-19(26(27,28)29)11-20(30)10-18/h6-13,15H,5,30H2,1-4H3,(H,31,32,33)/t15-/m1/s1. The van der Waals surface area contributed by atoms with Crippen LogP contribution in [0, 0.1) is 13.8 Å². The molecule has 0 fully saturated rings. The molecule has 182 valence electrons. The van der Waals surface area contributed by atoms with Gasteiger partial charge in [0.15, 0.2) is 0 Å². The van der Waals surface area contributed by atoms with Gasteiger partial charge in [-0.25, -0.2) is 9.97 Å². The highest BCUT2D eigenvalue weighted by Crippen LogP contribution is 2.35. The number of benzene rings is 2. The quantitative estimate of drug-likeness (QED) is 0.348. The first-order valence-electron chi connectivity index (χ1n) is 11.2. The molecule has 0 bridgehead atoms. The van der Waals surface area contributed by atoms with E-state index >= 15 is 0 Å². The first kappa shape index (κ1) is 24.3. The number of nitrogens with zero attached hydrogens (tertiary/aromatic N) is 3. The van der Waals surface area contributed by atoms with Crippen molar-refractivity contribution in [1.29, 1.82) is 0 Å². The number of nitrogens with one attached hydrogen (secondary N) is 1. The van der Waals surface area contributed by atoms with Crippen LogP contribution in [0.15, 0.2) is 53.5 Å². The monoisotopic (exact) mass is 481 g/mol. The average molecular weight is 482 g/mol. The number of hydrogen-bond donors (Lipinski definition) is 2. The molecule has 0 aliphatic carbocycles. The molecule has 35 heavy (non-hydrogen) atoms. The molecular weight excluding hydrogens is 455 g/mol. The van der Waals surface area contributed by atoms with Crippen LogP contribution < -0.4 is 16.6 Å². The summed E-state index contributed by atoms with van der Waals surface area (Å²) in [4.78, 5) is 21.1. The summed E-state index contributed by atoms with van der Waals surface area (Å²) in [6.45, 7) is 7.93. The zero-order valence-corrected chi connectivity index (χ0v) is 19.9. The van der Waals surface area contributed by atoms with Gasteiger partial charge in [-0.15, -0.1) is 0 Å². The van der Waals surface area contributed by atoms with E-state index in [1.54, 1.807) is 24.5 Å². The van der Waals surface area contributed by atoms with Crippen LogP contribution in [0.5, 0.6) is 0 Å². The lowest BCUT2D eigenvalue weighted by atomic mass is 9.99. The van der Waals surface area contributed by atoms with Crippen molar-refractivity contribution in [3.63, 3.8) is 0 Å². The van der Waals surface area contributed by atoms with Crippen LogP contribution in [0.25, 0.3) is 22.0 Å². The Morgan fingerprint density at radius 3 is 2.51 bits per heavy atom. The zero-order valence-electron chi connectivity index (χ0n) is 19.9. The van der Waals surface area contributed by atoms with E-state index in [4.69, 9.17) is 5.73 Å². The van der Waals surface area contributed by atoms with Gasteiger partial charge in [-0.2, -0.15) is 13.2 Å². The predicted octanol–water partition coefficient (Wildman–Crippen LogP) is 5.87. The van der Waals surface area contributed by atoms with E-state index < -0.39 is 17.8 Å². The summed E-state index contributed by atoms with van der Waals surface area (Å²) in [5.74, 6) is 1.03. The second-order valence-electron chi connectivity index (χ2n) is 8.60. The fourth-order valence-electron chi connectivity index (χ4n) is 4.13. The predicted molar refractivity (Wildman–Crippen MR) is 132 cm³/mol. The molecule has 0 amide bonds. The highest BCUT2D eigenvalue weighted by molar-refractivity contribution is 5.94. The van der Waals surface area contributed by atoms with Crippen molar-refractivity contribution in [2.24, 2.45) is 0 Å². The molecular formula is C26H26F3N5O. The van der Waals surface area contributed by atoms with Gasteiger partial charge in [0.25, 0.3) is 5.56 Å². The number of pyridine rings is 1. The number of fused-ring (bicyclic) bond motifs is 1. The summed E-state index contributed by atoms with van der Waals surface area (Å²) >= 11 is 0. The Morgan fingerprint density at radius 1 is 1.09 bits per heavy atom. The number of aromatic nitrogens is 3. The van der Waals surface area contributed by atoms with Crippen LogP contribution in [-0.2, 0) is 12.7 Å². The number of hydrogen-bond acceptors (Lipinski definition) is 5. The maximum atomic E-state index is 13.3. The third-order valence-corrected chi connectivity index (χ3v) is 5.95. The molecule has 0 spiro atoms. The minimum absolute atomic E-state index is 0.0381. The molecule has 0 aliphatic heterocycles. The van der Waals surface area contributed by atoms with Crippen LogP contribution in [0.2, 0.25) is 0 Å². The maximum absolute atomic E-state index is 13.3. The Labute approximate surface area is 200 Å². The number of anilines is 2. The summed E-state index contributed by atoms with van der Waals surface area (Å²) in [6.07, 6.45) is -2.68. The van der Waals surface area contributed by atoms with E-state index in [1.807, 2.05) is 32.2 Å². The molecule has 0 saturated carbocycles. The molecule has 0 aliphatic rings. The second-order valence-corrected chi connectivity index (χ2v) is 8.60. The Balaban J connectivity index is 1.80. The number of aryl methyl sites for hydroxylation is 3. The molecule has 9 heteroatoms. The van der Waals surface area contributed by atoms with Crippen molar-refractivity contribution in [1.82, 2.24) is 14.5 Å². The van der Waals surface area contributed by atoms with Gasteiger partial charge in [-0.3, -0.25) is 4.79 Å². The minimum Gasteiger partial charge on any atom is -0.399 e. The highest BCUT2D eigenvalue weighted by atomic mass is 19.4. The van der Waals surface area contributed by atoms with Crippen molar-refractivity contribution in [2.45, 2.75) is 46.5 Å². The van der Waals surface area contributed by atoms with Crippen LogP contribution in [-0.4, -0.2) is 14.5 Å². The first-order chi connectivity index (χ1) is 16.5. The normalized spacial score (nSPS) is 12.7. The Morgan fingerprint density at radius 2 is 1.83 bits per heavy atom. The summed E-state index contributed by atoms with van der Waals surface area (Å²) in [7, 11) is 0. The summed E-state index contributed by atoms with van der Waals surface area (Å²) < 4.78 is 41.5. The first-order valence-corrected chi connectivity index (χ1v) is 11.2. The van der Waals surface area contributed by atoms with Crippen LogP contribution in [0.3, 0.4) is 0 Å². The third-order valence-electron chi connectivity index (χ3n) is 5.95. The highest BCUT2D eigenvalue weighted by Gasteiger charge is 2.31. The third kappa shape index (κ3) is 4.99. The van der Waals surface area contributed by atoms with Gasteiger partial charge in [0.05, 0.1) is 17.1 Å². The van der Waals surface area contributed by atoms with Gasteiger partial charge >= 0.3 is 6.18 Å². The second kappa shape index (κ2) is 9.05. The minimum atomic E-state index is -4.50. The maximum Gasteiger partial charge on any atom is 0.416 e. The largest absolute Gasteiger partial charge is 0.416 e. The Hall–Kier alpha value is -3.88. The van der Waals surface area contributed by atoms with E-state index in [0.717, 1.165) is 34.2 Å². The Kier molecular flexibility index (Phi) is 6.27. The lowest BCUT2D eigenvalue weighted by Gasteiger charge is -2.19. The molecule has 0 unspecified atom stereocenters. The van der Waals surface area contributed by atoms with Gasteiger partial charge < -0.3 is 15.6 Å².